The minimum absolute atomic E-state index is 0.331. The standard InChI is InChI=1S/2C16H19OP.2C7H6O2/c2*1-11-5-12(2)8-15(7-11)18(17)16-9-13(3)6-14(4)10-16;2*8-7(9)6-4-2-1-3-5-6/h2*5-10,17H,1-4H3;2*1-5H,(H,8,9). The molecule has 0 bridgehead atoms. The smallest absolute Gasteiger partial charge is 0.335 e. The lowest BCUT2D eigenvalue weighted by atomic mass is 10.2. The molecule has 0 atom stereocenters. The molecule has 6 aromatic rings. The first kappa shape index (κ1) is 43.4. The molecule has 0 unspecified atom stereocenters. The van der Waals surface area contributed by atoms with E-state index in [4.69, 9.17) is 10.2 Å². The Hall–Kier alpha value is -4.96. The van der Waals surface area contributed by atoms with Gasteiger partial charge in [0.25, 0.3) is 0 Å². The molecule has 0 aliphatic rings. The Kier molecular flexibility index (Phi) is 16.9. The minimum Gasteiger partial charge on any atom is -0.478 e. The topological polar surface area (TPSA) is 115 Å². The molecular weight excluding hydrogens is 710 g/mol. The van der Waals surface area contributed by atoms with Crippen LogP contribution in [0.15, 0.2) is 133 Å². The van der Waals surface area contributed by atoms with Crippen molar-refractivity contribution in [2.45, 2.75) is 55.4 Å². The molecule has 0 saturated carbocycles. The van der Waals surface area contributed by atoms with Crippen molar-refractivity contribution < 1.29 is 29.6 Å². The molecule has 0 amide bonds. The zero-order chi connectivity index (χ0) is 39.9. The lowest BCUT2D eigenvalue weighted by molar-refractivity contribution is 0.0686. The number of carboxylic acids is 2. The van der Waals surface area contributed by atoms with E-state index in [1.807, 2.05) is 0 Å². The van der Waals surface area contributed by atoms with Crippen LogP contribution in [0.2, 0.25) is 0 Å². The van der Waals surface area contributed by atoms with Crippen LogP contribution in [-0.2, 0) is 0 Å². The molecule has 6 nitrogen and oxygen atoms in total. The Balaban J connectivity index is 0.000000204. The zero-order valence-corrected chi connectivity index (χ0v) is 34.0. The second-order valence-corrected chi connectivity index (χ2v) is 16.7. The van der Waals surface area contributed by atoms with Crippen molar-refractivity contribution in [1.29, 1.82) is 0 Å². The average Bonchev–Trinajstić information content (AvgIpc) is 3.11. The summed E-state index contributed by atoms with van der Waals surface area (Å²) in [5, 5.41) is 20.9. The summed E-state index contributed by atoms with van der Waals surface area (Å²) in [5.41, 5.74) is 10.3. The summed E-state index contributed by atoms with van der Waals surface area (Å²) in [5.74, 6) is -1.76. The number of hydrogen-bond acceptors (Lipinski definition) is 4. The zero-order valence-electron chi connectivity index (χ0n) is 32.2. The number of aromatic carboxylic acids is 2. The Bertz CT molecular complexity index is 1810. The van der Waals surface area contributed by atoms with Crippen molar-refractivity contribution in [3.8, 4) is 0 Å². The van der Waals surface area contributed by atoms with Crippen LogP contribution in [0.3, 0.4) is 0 Å². The molecule has 0 aliphatic carbocycles. The fourth-order valence-electron chi connectivity index (χ4n) is 5.75. The molecule has 0 radical (unpaired) electrons. The third-order valence-electron chi connectivity index (χ3n) is 7.85. The highest BCUT2D eigenvalue weighted by Crippen LogP contribution is 2.30. The molecule has 54 heavy (non-hydrogen) atoms. The number of rotatable bonds is 6. The highest BCUT2D eigenvalue weighted by atomic mass is 31.1. The molecule has 0 heterocycles. The fraction of sp³-hybridized carbons (Fsp3) is 0.174. The van der Waals surface area contributed by atoms with Crippen molar-refractivity contribution in [2.75, 3.05) is 0 Å². The normalized spacial score (nSPS) is 10.3. The minimum atomic E-state index is -1.24. The third kappa shape index (κ3) is 14.5. The Morgan fingerprint density at radius 3 is 0.685 bits per heavy atom. The van der Waals surface area contributed by atoms with Crippen LogP contribution in [0.1, 0.15) is 65.2 Å². The van der Waals surface area contributed by atoms with Crippen LogP contribution < -0.4 is 21.2 Å². The Morgan fingerprint density at radius 2 is 0.537 bits per heavy atom. The van der Waals surface area contributed by atoms with Gasteiger partial charge in [-0.15, -0.1) is 0 Å². The van der Waals surface area contributed by atoms with Crippen LogP contribution in [-0.4, -0.2) is 31.9 Å². The van der Waals surface area contributed by atoms with E-state index in [-0.39, 0.29) is 0 Å². The predicted octanol–water partition coefficient (Wildman–Crippen LogP) is 9.29. The van der Waals surface area contributed by atoms with Gasteiger partial charge >= 0.3 is 11.9 Å². The summed E-state index contributed by atoms with van der Waals surface area (Å²) >= 11 is 0. The van der Waals surface area contributed by atoms with Crippen LogP contribution in [0.5, 0.6) is 0 Å². The van der Waals surface area contributed by atoms with Gasteiger partial charge in [-0.2, -0.15) is 0 Å². The number of benzene rings is 6. The van der Waals surface area contributed by atoms with Gasteiger partial charge in [0.05, 0.1) is 27.4 Å². The number of carbonyl (C=O) groups is 2. The van der Waals surface area contributed by atoms with Gasteiger partial charge in [0, 0.05) is 21.2 Å². The Morgan fingerprint density at radius 1 is 0.352 bits per heavy atom. The van der Waals surface area contributed by atoms with E-state index in [1.165, 1.54) is 44.5 Å². The quantitative estimate of drug-likeness (QED) is 0.126. The average molecular weight is 761 g/mol. The molecule has 0 spiro atoms. The van der Waals surface area contributed by atoms with E-state index in [0.717, 1.165) is 21.2 Å². The molecule has 8 heteroatoms. The molecule has 280 valence electrons. The maximum atomic E-state index is 10.6. The van der Waals surface area contributed by atoms with Crippen LogP contribution in [0, 0.1) is 55.4 Å². The number of carboxylic acid groups (broad SMARTS) is 2. The summed E-state index contributed by atoms with van der Waals surface area (Å²) in [6.45, 7) is 16.6. The summed E-state index contributed by atoms with van der Waals surface area (Å²) in [7, 11) is -2.47. The molecule has 6 rings (SSSR count). The molecule has 0 fully saturated rings. The van der Waals surface area contributed by atoms with Crippen LogP contribution >= 0.6 is 16.3 Å². The van der Waals surface area contributed by atoms with Crippen molar-refractivity contribution in [3.05, 3.63) is 189 Å². The highest BCUT2D eigenvalue weighted by molar-refractivity contribution is 7.68. The largest absolute Gasteiger partial charge is 0.478 e. The van der Waals surface area contributed by atoms with E-state index in [0.29, 0.717) is 11.1 Å². The number of hydrogen-bond donors (Lipinski definition) is 4. The lowest BCUT2D eigenvalue weighted by Gasteiger charge is -2.14. The fourth-order valence-corrected chi connectivity index (χ4v) is 8.95. The van der Waals surface area contributed by atoms with Crippen molar-refractivity contribution >= 4 is 49.5 Å². The van der Waals surface area contributed by atoms with Gasteiger partial charge < -0.3 is 20.0 Å². The first-order valence-corrected chi connectivity index (χ1v) is 20.0. The summed E-state index contributed by atoms with van der Waals surface area (Å²) in [6, 6.07) is 41.8. The van der Waals surface area contributed by atoms with E-state index >= 15 is 0 Å². The molecule has 6 aromatic carbocycles. The number of aryl methyl sites for hydroxylation is 8. The second-order valence-electron chi connectivity index (χ2n) is 13.3. The third-order valence-corrected chi connectivity index (χ3v) is 10.8. The van der Waals surface area contributed by atoms with Gasteiger partial charge in [-0.25, -0.2) is 9.59 Å². The molecule has 0 saturated heterocycles. The van der Waals surface area contributed by atoms with E-state index in [9.17, 15) is 19.4 Å². The first-order valence-electron chi connectivity index (χ1n) is 17.4. The van der Waals surface area contributed by atoms with Gasteiger partial charge in [0.15, 0.2) is 0 Å². The van der Waals surface area contributed by atoms with Crippen LogP contribution in [0.25, 0.3) is 0 Å². The highest BCUT2D eigenvalue weighted by Gasteiger charge is 2.14. The molecule has 4 N–H and O–H groups in total. The monoisotopic (exact) mass is 760 g/mol. The van der Waals surface area contributed by atoms with Gasteiger partial charge in [0.2, 0.25) is 0 Å². The molecule has 0 aliphatic heterocycles. The van der Waals surface area contributed by atoms with Gasteiger partial charge in [-0.05, 0) is 128 Å². The second kappa shape index (κ2) is 21.1. The Labute approximate surface area is 322 Å². The maximum absolute atomic E-state index is 10.6. The van der Waals surface area contributed by atoms with E-state index < -0.39 is 28.2 Å². The molecule has 0 aromatic heterocycles. The van der Waals surface area contributed by atoms with Crippen molar-refractivity contribution in [1.82, 2.24) is 0 Å². The lowest BCUT2D eigenvalue weighted by Crippen LogP contribution is -2.13. The van der Waals surface area contributed by atoms with Crippen molar-refractivity contribution in [2.24, 2.45) is 0 Å². The van der Waals surface area contributed by atoms with Crippen LogP contribution in [0.4, 0.5) is 0 Å². The van der Waals surface area contributed by atoms with Gasteiger partial charge in [-0.1, -0.05) is 105 Å². The molecular formula is C46H50O6P2. The summed E-state index contributed by atoms with van der Waals surface area (Å²) in [6.07, 6.45) is 0. The van der Waals surface area contributed by atoms with Crippen molar-refractivity contribution in [3.63, 3.8) is 0 Å². The van der Waals surface area contributed by atoms with E-state index in [2.05, 4.69) is 128 Å². The maximum Gasteiger partial charge on any atom is 0.335 e. The van der Waals surface area contributed by atoms with E-state index in [1.54, 1.807) is 60.7 Å². The summed E-state index contributed by atoms with van der Waals surface area (Å²) in [4.78, 5) is 41.5. The SMILES string of the molecule is Cc1cc(C)cc(P(O)c2cc(C)cc(C)c2)c1.Cc1cc(C)cc(P(O)c2cc(C)cc(C)c2)c1.O=C(O)c1ccccc1.O=C(O)c1ccccc1. The summed E-state index contributed by atoms with van der Waals surface area (Å²) < 4.78 is 0. The predicted molar refractivity (Wildman–Crippen MR) is 227 cm³/mol. The first-order chi connectivity index (χ1) is 25.5. The van der Waals surface area contributed by atoms with Gasteiger partial charge in [0.1, 0.15) is 0 Å². The van der Waals surface area contributed by atoms with Gasteiger partial charge in [-0.3, -0.25) is 0 Å².